The fourth-order valence-corrected chi connectivity index (χ4v) is 2.49. The van der Waals surface area contributed by atoms with E-state index in [1.54, 1.807) is 0 Å². The molecule has 0 aliphatic rings. The number of carboxylic acid groups (broad SMARTS) is 1. The first kappa shape index (κ1) is 20.3. The van der Waals surface area contributed by atoms with Gasteiger partial charge in [-0.25, -0.2) is 0 Å². The summed E-state index contributed by atoms with van der Waals surface area (Å²) in [4.78, 5) is 11.2. The van der Waals surface area contributed by atoms with Crippen molar-refractivity contribution in [3.8, 4) is 0 Å². The molecule has 0 saturated heterocycles. The van der Waals surface area contributed by atoms with Crippen LogP contribution in [0.3, 0.4) is 0 Å². The van der Waals surface area contributed by atoms with E-state index in [2.05, 4.69) is 6.92 Å². The van der Waals surface area contributed by atoms with Gasteiger partial charge in [0.05, 0.1) is 5.92 Å². The van der Waals surface area contributed by atoms with Crippen LogP contribution in [0.5, 0.6) is 0 Å². The van der Waals surface area contributed by atoms with Crippen LogP contribution in [0.1, 0.15) is 84.0 Å². The monoisotopic (exact) mass is 304 g/mol. The molecular formula is C16H32O5. The van der Waals surface area contributed by atoms with Gasteiger partial charge in [-0.3, -0.25) is 4.79 Å². The fourth-order valence-electron chi connectivity index (χ4n) is 2.49. The number of hydrogen-bond acceptors (Lipinski definition) is 4. The van der Waals surface area contributed by atoms with Gasteiger partial charge in [0.25, 0.3) is 5.97 Å². The summed E-state index contributed by atoms with van der Waals surface area (Å²) >= 11 is 0. The van der Waals surface area contributed by atoms with Crippen LogP contribution in [0.15, 0.2) is 0 Å². The lowest BCUT2D eigenvalue weighted by Crippen LogP contribution is -2.26. The molecule has 4 N–H and O–H groups in total. The van der Waals surface area contributed by atoms with E-state index < -0.39 is 11.9 Å². The molecule has 0 fully saturated rings. The number of aliphatic hydroxyl groups is 3. The van der Waals surface area contributed by atoms with Crippen molar-refractivity contribution < 1.29 is 25.2 Å². The zero-order valence-electron chi connectivity index (χ0n) is 13.3. The highest BCUT2D eigenvalue weighted by Crippen LogP contribution is 2.19. The van der Waals surface area contributed by atoms with Crippen molar-refractivity contribution in [3.63, 3.8) is 0 Å². The van der Waals surface area contributed by atoms with E-state index in [0.29, 0.717) is 19.3 Å². The zero-order chi connectivity index (χ0) is 16.1. The average molecular weight is 304 g/mol. The van der Waals surface area contributed by atoms with Gasteiger partial charge in [-0.15, -0.1) is 0 Å². The Bertz CT molecular complexity index is 260. The van der Waals surface area contributed by atoms with Gasteiger partial charge in [0, 0.05) is 6.42 Å². The lowest BCUT2D eigenvalue weighted by atomic mass is 9.94. The van der Waals surface area contributed by atoms with Gasteiger partial charge in [-0.2, -0.15) is 0 Å². The number of aliphatic carboxylic acids is 1. The maximum atomic E-state index is 11.2. The van der Waals surface area contributed by atoms with E-state index in [9.17, 15) is 9.90 Å². The normalized spacial score (nSPS) is 13.3. The first-order chi connectivity index (χ1) is 9.87. The number of carboxylic acids is 1. The Morgan fingerprint density at radius 3 is 1.81 bits per heavy atom. The summed E-state index contributed by atoms with van der Waals surface area (Å²) < 4.78 is 0. The van der Waals surface area contributed by atoms with Crippen LogP contribution in [0, 0.1) is 5.92 Å². The third-order valence-corrected chi connectivity index (χ3v) is 3.82. The molecule has 1 unspecified atom stereocenters. The minimum absolute atomic E-state index is 0.0951. The third-order valence-electron chi connectivity index (χ3n) is 3.82. The standard InChI is InChI=1S/C16H32O5/c1-2-3-4-5-6-8-11-14(15(17)18)12-9-7-10-13-16(19,20)21/h14,19-21H,2-13H2,1H3,(H,17,18). The van der Waals surface area contributed by atoms with Crippen molar-refractivity contribution in [3.05, 3.63) is 0 Å². The van der Waals surface area contributed by atoms with Gasteiger partial charge < -0.3 is 20.4 Å². The molecule has 0 bridgehead atoms. The second kappa shape index (κ2) is 12.0. The Hall–Kier alpha value is -0.650. The summed E-state index contributed by atoms with van der Waals surface area (Å²) in [5, 5.41) is 35.4. The molecule has 0 saturated carbocycles. The summed E-state index contributed by atoms with van der Waals surface area (Å²) in [7, 11) is 0. The van der Waals surface area contributed by atoms with E-state index in [1.165, 1.54) is 25.7 Å². The first-order valence-corrected chi connectivity index (χ1v) is 8.26. The van der Waals surface area contributed by atoms with Gasteiger partial charge in [0.2, 0.25) is 0 Å². The molecule has 0 amide bonds. The van der Waals surface area contributed by atoms with Crippen LogP contribution in [0.4, 0.5) is 0 Å². The molecule has 0 spiro atoms. The van der Waals surface area contributed by atoms with E-state index in [1.807, 2.05) is 0 Å². The maximum absolute atomic E-state index is 11.2. The van der Waals surface area contributed by atoms with E-state index in [4.69, 9.17) is 15.3 Å². The van der Waals surface area contributed by atoms with Crippen LogP contribution in [0.2, 0.25) is 0 Å². The van der Waals surface area contributed by atoms with Crippen LogP contribution in [0.25, 0.3) is 0 Å². The van der Waals surface area contributed by atoms with Crippen molar-refractivity contribution in [1.82, 2.24) is 0 Å². The van der Waals surface area contributed by atoms with Crippen molar-refractivity contribution in [2.24, 2.45) is 5.92 Å². The predicted octanol–water partition coefficient (Wildman–Crippen LogP) is 3.02. The van der Waals surface area contributed by atoms with Crippen LogP contribution in [-0.2, 0) is 4.79 Å². The second-order valence-corrected chi connectivity index (χ2v) is 5.97. The molecule has 5 nitrogen and oxygen atoms in total. The molecule has 21 heavy (non-hydrogen) atoms. The average Bonchev–Trinajstić information content (AvgIpc) is 2.38. The smallest absolute Gasteiger partial charge is 0.306 e. The van der Waals surface area contributed by atoms with Crippen LogP contribution < -0.4 is 0 Å². The molecule has 0 radical (unpaired) electrons. The van der Waals surface area contributed by atoms with Crippen molar-refractivity contribution in [1.29, 1.82) is 0 Å². The van der Waals surface area contributed by atoms with Crippen LogP contribution in [-0.4, -0.2) is 32.4 Å². The lowest BCUT2D eigenvalue weighted by Gasteiger charge is -2.14. The van der Waals surface area contributed by atoms with E-state index in [-0.39, 0.29) is 12.3 Å². The van der Waals surface area contributed by atoms with E-state index >= 15 is 0 Å². The van der Waals surface area contributed by atoms with Gasteiger partial charge in [0.15, 0.2) is 0 Å². The number of carbonyl (C=O) groups is 1. The van der Waals surface area contributed by atoms with Gasteiger partial charge in [-0.05, 0) is 19.3 Å². The Kier molecular flexibility index (Phi) is 11.6. The minimum Gasteiger partial charge on any atom is -0.481 e. The van der Waals surface area contributed by atoms with Gasteiger partial charge in [0.1, 0.15) is 0 Å². The fraction of sp³-hybridized carbons (Fsp3) is 0.938. The highest BCUT2D eigenvalue weighted by Gasteiger charge is 2.18. The van der Waals surface area contributed by atoms with Gasteiger partial charge >= 0.3 is 5.97 Å². The zero-order valence-corrected chi connectivity index (χ0v) is 13.3. The summed E-state index contributed by atoms with van der Waals surface area (Å²) in [5.41, 5.74) is 0. The minimum atomic E-state index is -2.59. The van der Waals surface area contributed by atoms with Crippen molar-refractivity contribution >= 4 is 5.97 Å². The molecule has 0 aliphatic heterocycles. The molecular weight excluding hydrogens is 272 g/mol. The van der Waals surface area contributed by atoms with Crippen LogP contribution >= 0.6 is 0 Å². The summed E-state index contributed by atoms with van der Waals surface area (Å²) in [5.74, 6) is -3.62. The molecule has 0 aliphatic carbocycles. The van der Waals surface area contributed by atoms with Crippen molar-refractivity contribution in [2.45, 2.75) is 89.9 Å². The second-order valence-electron chi connectivity index (χ2n) is 5.97. The maximum Gasteiger partial charge on any atom is 0.306 e. The Balaban J connectivity index is 3.66. The molecule has 0 aromatic heterocycles. The Labute approximate surface area is 128 Å². The number of hydrogen-bond donors (Lipinski definition) is 4. The quantitative estimate of drug-likeness (QED) is 0.292. The van der Waals surface area contributed by atoms with Gasteiger partial charge in [-0.1, -0.05) is 58.3 Å². The lowest BCUT2D eigenvalue weighted by molar-refractivity contribution is -0.315. The summed E-state index contributed by atoms with van der Waals surface area (Å²) in [6, 6.07) is 0. The largest absolute Gasteiger partial charge is 0.481 e. The Morgan fingerprint density at radius 2 is 1.33 bits per heavy atom. The molecule has 5 heteroatoms. The summed E-state index contributed by atoms with van der Waals surface area (Å²) in [6.45, 7) is 2.18. The molecule has 0 rings (SSSR count). The first-order valence-electron chi connectivity index (χ1n) is 8.26. The predicted molar refractivity (Wildman–Crippen MR) is 81.6 cm³/mol. The Morgan fingerprint density at radius 1 is 0.857 bits per heavy atom. The highest BCUT2D eigenvalue weighted by molar-refractivity contribution is 5.69. The molecule has 0 heterocycles. The molecule has 126 valence electrons. The molecule has 1 atom stereocenters. The molecule has 0 aromatic carbocycles. The van der Waals surface area contributed by atoms with E-state index in [0.717, 1.165) is 25.7 Å². The molecule has 0 aromatic rings. The third kappa shape index (κ3) is 14.1. The number of rotatable bonds is 14. The highest BCUT2D eigenvalue weighted by atomic mass is 16.7. The summed E-state index contributed by atoms with van der Waals surface area (Å²) in [6.07, 6.45) is 10.1. The van der Waals surface area contributed by atoms with Crippen molar-refractivity contribution in [2.75, 3.05) is 0 Å². The SMILES string of the molecule is CCCCCCCCC(CCCCCC(O)(O)O)C(=O)O. The topological polar surface area (TPSA) is 98.0 Å². The number of unbranched alkanes of at least 4 members (excludes halogenated alkanes) is 7.